The zero-order valence-electron chi connectivity index (χ0n) is 41.5. The molecule has 11 rings (SSSR count). The predicted molar refractivity (Wildman–Crippen MR) is 292 cm³/mol. The van der Waals surface area contributed by atoms with Gasteiger partial charge in [-0.2, -0.15) is 0 Å². The molecule has 0 bridgehead atoms. The van der Waals surface area contributed by atoms with Gasteiger partial charge in [-0.1, -0.05) is 147 Å². The first-order valence-electron chi connectivity index (χ1n) is 24.0. The fraction of sp³-hybridized carbons (Fsp3) is 0.258. The third-order valence-electron chi connectivity index (χ3n) is 14.4. The molecule has 5 heteroatoms. The minimum absolute atomic E-state index is 0.00579. The molecule has 7 aromatic carbocycles. The molecule has 0 saturated heterocycles. The predicted octanol–water partition coefficient (Wildman–Crippen LogP) is 16.2. The van der Waals surface area contributed by atoms with Crippen LogP contribution in [0.4, 0.5) is 34.1 Å². The molecule has 334 valence electrons. The zero-order valence-corrected chi connectivity index (χ0v) is 42.3. The minimum Gasteiger partial charge on any atom is -0.468 e. The van der Waals surface area contributed by atoms with E-state index in [2.05, 4.69) is 233 Å². The monoisotopic (exact) mass is 892 g/mol. The number of furan rings is 1. The van der Waals surface area contributed by atoms with Gasteiger partial charge in [0.25, 0.3) is 6.71 Å². The average Bonchev–Trinajstić information content (AvgIpc) is 3.88. The molecule has 0 N–H and O–H groups in total. The third-order valence-corrected chi connectivity index (χ3v) is 15.6. The molecule has 2 aliphatic heterocycles. The van der Waals surface area contributed by atoms with Crippen LogP contribution in [-0.2, 0) is 16.2 Å². The van der Waals surface area contributed by atoms with E-state index in [-0.39, 0.29) is 23.0 Å². The van der Waals surface area contributed by atoms with Crippen LogP contribution in [0.15, 0.2) is 138 Å². The highest BCUT2D eigenvalue weighted by Crippen LogP contribution is 2.52. The van der Waals surface area contributed by atoms with Crippen LogP contribution in [0.5, 0.6) is 0 Å². The second-order valence-electron chi connectivity index (χ2n) is 22.5. The highest BCUT2D eigenvalue weighted by molar-refractivity contribution is 7.22. The van der Waals surface area contributed by atoms with Crippen LogP contribution in [-0.4, -0.2) is 6.71 Å². The van der Waals surface area contributed by atoms with Gasteiger partial charge in [-0.25, -0.2) is 0 Å². The molecule has 0 aliphatic carbocycles. The quantitative estimate of drug-likeness (QED) is 0.164. The van der Waals surface area contributed by atoms with Gasteiger partial charge in [0, 0.05) is 37.6 Å². The molecule has 9 aromatic rings. The Hall–Kier alpha value is -6.30. The van der Waals surface area contributed by atoms with E-state index >= 15 is 0 Å². The number of aryl methyl sites for hydroxylation is 4. The van der Waals surface area contributed by atoms with Gasteiger partial charge in [-0.15, -0.1) is 11.3 Å². The number of nitrogens with zero attached hydrogens (tertiary/aromatic N) is 2. The van der Waals surface area contributed by atoms with Gasteiger partial charge in [-0.3, -0.25) is 0 Å². The van der Waals surface area contributed by atoms with E-state index < -0.39 is 0 Å². The van der Waals surface area contributed by atoms with Crippen LogP contribution in [0.1, 0.15) is 101 Å². The first kappa shape index (κ1) is 43.3. The Morgan fingerprint density at radius 2 is 1.10 bits per heavy atom. The SMILES string of the molecule is Cc1cc2c3c(c1)N(c1c(C)cc(C(C)(C)C)cc1C)c1c(oc4ccc(C(C)(C)C)cc14)B3c1cc(-c3cc4ccccc4s3)ccc1N2c1c(C)cc(C(C)(C)C)cc1-c1ccccc1. The second-order valence-corrected chi connectivity index (χ2v) is 23.6. The van der Waals surface area contributed by atoms with Gasteiger partial charge in [0.2, 0.25) is 0 Å². The third kappa shape index (κ3) is 6.99. The standard InChI is InChI=1S/C62H61BN2OS/c1-36-27-50-55-51(28-36)65(56-37(2)29-44(30-38(56)3)61(8,9)10)58-47-34-43(60(5,6)7)24-26-52(47)66-59(58)63(55)48-32-42(54-33-41-21-17-18-22-53(41)67-54)23-25-49(48)64(50)57-39(4)31-45(62(11,12)13)35-46(57)40-19-15-14-16-20-40/h14-35H,1-13H3. The molecule has 0 atom stereocenters. The van der Waals surface area contributed by atoms with Crippen molar-refractivity contribution in [2.75, 3.05) is 9.80 Å². The van der Waals surface area contributed by atoms with Crippen molar-refractivity contribution in [3.05, 3.63) is 172 Å². The van der Waals surface area contributed by atoms with Gasteiger partial charge in [0.1, 0.15) is 5.58 Å². The summed E-state index contributed by atoms with van der Waals surface area (Å²) in [7, 11) is 0. The summed E-state index contributed by atoms with van der Waals surface area (Å²) in [5.41, 5.74) is 24.1. The van der Waals surface area contributed by atoms with Crippen LogP contribution in [0.3, 0.4) is 0 Å². The smallest absolute Gasteiger partial charge is 0.297 e. The normalized spacial score (nSPS) is 13.7. The number of benzene rings is 7. The molecule has 3 nitrogen and oxygen atoms in total. The molecule has 4 heterocycles. The summed E-state index contributed by atoms with van der Waals surface area (Å²) in [6.07, 6.45) is 0. The van der Waals surface area contributed by atoms with Crippen LogP contribution in [0.25, 0.3) is 42.6 Å². The van der Waals surface area contributed by atoms with E-state index in [9.17, 15) is 0 Å². The lowest BCUT2D eigenvalue weighted by molar-refractivity contribution is 0.589. The van der Waals surface area contributed by atoms with Gasteiger partial charge < -0.3 is 14.2 Å². The van der Waals surface area contributed by atoms with Crippen molar-refractivity contribution in [2.24, 2.45) is 0 Å². The van der Waals surface area contributed by atoms with Crippen molar-refractivity contribution in [1.29, 1.82) is 0 Å². The van der Waals surface area contributed by atoms with Gasteiger partial charge in [-0.05, 0) is 159 Å². The van der Waals surface area contributed by atoms with Crippen LogP contribution >= 0.6 is 11.3 Å². The van der Waals surface area contributed by atoms with Crippen LogP contribution < -0.4 is 26.4 Å². The largest absolute Gasteiger partial charge is 0.468 e. The molecule has 0 fully saturated rings. The number of hydrogen-bond acceptors (Lipinski definition) is 4. The Kier molecular flexibility index (Phi) is 9.76. The Labute approximate surface area is 402 Å². The van der Waals surface area contributed by atoms with Gasteiger partial charge in [0.05, 0.1) is 22.7 Å². The zero-order chi connectivity index (χ0) is 47.1. The Morgan fingerprint density at radius 3 is 1.76 bits per heavy atom. The lowest BCUT2D eigenvalue weighted by Crippen LogP contribution is -2.61. The maximum absolute atomic E-state index is 7.45. The molecular formula is C62H61BN2OS. The van der Waals surface area contributed by atoms with Gasteiger partial charge >= 0.3 is 0 Å². The highest BCUT2D eigenvalue weighted by Gasteiger charge is 2.48. The maximum atomic E-state index is 7.45. The van der Waals surface area contributed by atoms with E-state index in [1.54, 1.807) is 0 Å². The molecular weight excluding hydrogens is 832 g/mol. The number of hydrogen-bond donors (Lipinski definition) is 0. The van der Waals surface area contributed by atoms with Crippen molar-refractivity contribution >= 4 is 89.8 Å². The fourth-order valence-electron chi connectivity index (χ4n) is 10.9. The number of thiophene rings is 1. The van der Waals surface area contributed by atoms with E-state index in [0.29, 0.717) is 0 Å². The number of fused-ring (bicyclic) bond motifs is 7. The molecule has 0 amide bonds. The van der Waals surface area contributed by atoms with Crippen LogP contribution in [0.2, 0.25) is 0 Å². The first-order valence-corrected chi connectivity index (χ1v) is 24.8. The summed E-state index contributed by atoms with van der Waals surface area (Å²) >= 11 is 1.87. The lowest BCUT2D eigenvalue weighted by Gasteiger charge is -2.44. The van der Waals surface area contributed by atoms with Crippen molar-refractivity contribution in [3.63, 3.8) is 0 Å². The summed E-state index contributed by atoms with van der Waals surface area (Å²) in [6.45, 7) is 29.9. The molecule has 2 aromatic heterocycles. The second kappa shape index (κ2) is 15.1. The van der Waals surface area contributed by atoms with E-state index in [4.69, 9.17) is 4.42 Å². The molecule has 0 unspecified atom stereocenters. The summed E-state index contributed by atoms with van der Waals surface area (Å²) in [4.78, 5) is 6.48. The Bertz CT molecular complexity index is 3420. The molecule has 0 saturated carbocycles. The van der Waals surface area contributed by atoms with Crippen molar-refractivity contribution in [3.8, 4) is 21.6 Å². The van der Waals surface area contributed by atoms with Gasteiger partial charge in [0.15, 0.2) is 0 Å². The number of rotatable bonds is 4. The fourth-order valence-corrected chi connectivity index (χ4v) is 12.0. The summed E-state index contributed by atoms with van der Waals surface area (Å²) in [5.74, 6) is 0. The van der Waals surface area contributed by atoms with E-state index in [1.807, 2.05) is 11.3 Å². The summed E-state index contributed by atoms with van der Waals surface area (Å²) < 4.78 is 8.75. The minimum atomic E-state index is -0.174. The number of anilines is 6. The topological polar surface area (TPSA) is 19.6 Å². The van der Waals surface area contributed by atoms with Crippen LogP contribution in [0, 0.1) is 27.7 Å². The maximum Gasteiger partial charge on any atom is 0.297 e. The summed E-state index contributed by atoms with van der Waals surface area (Å²) in [6, 6.07) is 50.9. The Balaban J connectivity index is 1.28. The summed E-state index contributed by atoms with van der Waals surface area (Å²) in [5, 5.41) is 2.43. The highest BCUT2D eigenvalue weighted by atomic mass is 32.1. The molecule has 67 heavy (non-hydrogen) atoms. The van der Waals surface area contributed by atoms with Crippen molar-refractivity contribution < 1.29 is 4.42 Å². The molecule has 2 aliphatic rings. The van der Waals surface area contributed by atoms with E-state index in [1.165, 1.54) is 110 Å². The first-order chi connectivity index (χ1) is 31.8. The molecule has 0 radical (unpaired) electrons. The van der Waals surface area contributed by atoms with Crippen molar-refractivity contribution in [2.45, 2.75) is 106 Å². The lowest BCUT2D eigenvalue weighted by atomic mass is 9.35. The molecule has 0 spiro atoms. The van der Waals surface area contributed by atoms with Crippen molar-refractivity contribution in [1.82, 2.24) is 0 Å². The Morgan fingerprint density at radius 1 is 0.493 bits per heavy atom. The van der Waals surface area contributed by atoms with E-state index in [0.717, 1.165) is 22.3 Å². The average molecular weight is 893 g/mol.